The quantitative estimate of drug-likeness (QED) is 0.102. The van der Waals surface area contributed by atoms with E-state index in [4.69, 9.17) is 19.4 Å². The Kier molecular flexibility index (Phi) is 12.0. The van der Waals surface area contributed by atoms with Crippen LogP contribution in [0.3, 0.4) is 0 Å². The van der Waals surface area contributed by atoms with Gasteiger partial charge < -0.3 is 39.9 Å². The standard InChI is InChI=1S/C50H58N8O7/c1-26(2)42(54-49(62)64-5)47(60)57-21-7-9-38(57)44-51-25-37(53-44)34-19-18-33(40-31-15-16-32(23-31)41(34)40)29-13-11-28(12-14-29)30-17-20-36-35(24-30)46(59)56-45(52-36)39-10-8-22-58(39)48(61)43(27(3)4)55-50(63)65-6/h11-14,17-20,24-27,31-32,38-39,42-43H,7-10,15-16,21-23H2,1-6H3,(H,51,53)(H,54,62)(H,55,63)(H,52,56,59). The molecule has 2 aliphatic heterocycles. The van der Waals surface area contributed by atoms with E-state index in [1.807, 2.05) is 57.0 Å². The summed E-state index contributed by atoms with van der Waals surface area (Å²) in [6.45, 7) is 8.66. The van der Waals surface area contributed by atoms with Gasteiger partial charge in [-0.15, -0.1) is 0 Å². The van der Waals surface area contributed by atoms with Gasteiger partial charge in [0.15, 0.2) is 0 Å². The van der Waals surface area contributed by atoms with Crippen molar-refractivity contribution in [1.82, 2.24) is 40.4 Å². The maximum atomic E-state index is 13.8. The van der Waals surface area contributed by atoms with Crippen LogP contribution in [0.5, 0.6) is 0 Å². The first-order valence-electron chi connectivity index (χ1n) is 23.0. The van der Waals surface area contributed by atoms with Crippen LogP contribution >= 0.6 is 0 Å². The van der Waals surface area contributed by atoms with Gasteiger partial charge >= 0.3 is 12.2 Å². The average molecular weight is 883 g/mol. The second-order valence-corrected chi connectivity index (χ2v) is 18.7. The van der Waals surface area contributed by atoms with E-state index in [0.717, 1.165) is 72.3 Å². The minimum atomic E-state index is -0.770. The van der Waals surface area contributed by atoms with Gasteiger partial charge in [-0.05, 0) is 114 Å². The van der Waals surface area contributed by atoms with Crippen LogP contribution in [0.1, 0.15) is 119 Å². The molecule has 0 radical (unpaired) electrons. The summed E-state index contributed by atoms with van der Waals surface area (Å²) < 4.78 is 9.58. The predicted octanol–water partition coefficient (Wildman–Crippen LogP) is 8.10. The molecule has 3 fully saturated rings. The van der Waals surface area contributed by atoms with Crippen molar-refractivity contribution in [3.8, 4) is 33.5 Å². The summed E-state index contributed by atoms with van der Waals surface area (Å²) in [4.78, 5) is 85.2. The molecule has 4 aliphatic rings. The van der Waals surface area contributed by atoms with Crippen molar-refractivity contribution in [3.05, 3.63) is 93.9 Å². The van der Waals surface area contributed by atoms with Gasteiger partial charge in [0.25, 0.3) is 5.56 Å². The number of ether oxygens (including phenoxy) is 2. The number of H-pyrrole nitrogens is 2. The molecule has 1 saturated carbocycles. The molecule has 9 rings (SSSR count). The van der Waals surface area contributed by atoms with E-state index in [2.05, 4.69) is 57.0 Å². The van der Waals surface area contributed by atoms with Crippen molar-refractivity contribution in [1.29, 1.82) is 0 Å². The van der Waals surface area contributed by atoms with E-state index < -0.39 is 30.3 Å². The van der Waals surface area contributed by atoms with Crippen molar-refractivity contribution in [2.45, 2.75) is 109 Å². The summed E-state index contributed by atoms with van der Waals surface area (Å²) in [5.74, 6) is 1.51. The molecule has 15 heteroatoms. The molecular formula is C50H58N8O7. The Hall–Kier alpha value is -6.51. The molecule has 2 saturated heterocycles. The van der Waals surface area contributed by atoms with Gasteiger partial charge in [-0.3, -0.25) is 14.4 Å². The molecule has 65 heavy (non-hydrogen) atoms. The molecule has 3 aromatic carbocycles. The molecule has 340 valence electrons. The third-order valence-corrected chi connectivity index (χ3v) is 14.2. The number of hydrogen-bond donors (Lipinski definition) is 4. The Morgan fingerprint density at radius 1 is 0.677 bits per heavy atom. The molecule has 4 N–H and O–H groups in total. The van der Waals surface area contributed by atoms with E-state index in [1.165, 1.54) is 30.9 Å². The molecule has 0 spiro atoms. The smallest absolute Gasteiger partial charge is 0.407 e. The number of hydrogen-bond acceptors (Lipinski definition) is 9. The highest BCUT2D eigenvalue weighted by Gasteiger charge is 2.42. The normalized spacial score (nSPS) is 20.9. The van der Waals surface area contributed by atoms with Crippen molar-refractivity contribution < 1.29 is 28.7 Å². The summed E-state index contributed by atoms with van der Waals surface area (Å²) >= 11 is 0. The van der Waals surface area contributed by atoms with Crippen molar-refractivity contribution in [2.75, 3.05) is 27.3 Å². The molecule has 15 nitrogen and oxygen atoms in total. The summed E-state index contributed by atoms with van der Waals surface area (Å²) in [5, 5.41) is 5.87. The van der Waals surface area contributed by atoms with E-state index >= 15 is 0 Å². The van der Waals surface area contributed by atoms with Gasteiger partial charge in [0.05, 0.1) is 49.1 Å². The molecule has 4 heterocycles. The Balaban J connectivity index is 0.949. The number of nitrogens with one attached hydrogen (secondary N) is 4. The second kappa shape index (κ2) is 17.8. The number of benzene rings is 3. The fourth-order valence-electron chi connectivity index (χ4n) is 10.9. The van der Waals surface area contributed by atoms with Gasteiger partial charge in [-0.25, -0.2) is 19.6 Å². The van der Waals surface area contributed by atoms with Crippen LogP contribution in [0, 0.1) is 11.8 Å². The number of likely N-dealkylation sites (tertiary alicyclic amines) is 2. The molecule has 2 aromatic heterocycles. The number of alkyl carbamates (subject to hydrolysis) is 2. The Morgan fingerprint density at radius 2 is 1.22 bits per heavy atom. The molecule has 4 amide bonds. The second-order valence-electron chi connectivity index (χ2n) is 18.7. The lowest BCUT2D eigenvalue weighted by Crippen LogP contribution is -2.51. The van der Waals surface area contributed by atoms with Crippen LogP contribution in [0.4, 0.5) is 9.59 Å². The predicted molar refractivity (Wildman–Crippen MR) is 246 cm³/mol. The first-order chi connectivity index (χ1) is 31.3. The maximum Gasteiger partial charge on any atom is 0.407 e. The lowest BCUT2D eigenvalue weighted by molar-refractivity contribution is -0.136. The van der Waals surface area contributed by atoms with E-state index in [-0.39, 0.29) is 35.3 Å². The number of amides is 4. The van der Waals surface area contributed by atoms with Gasteiger partial charge in [0.1, 0.15) is 23.7 Å². The summed E-state index contributed by atoms with van der Waals surface area (Å²) in [5.41, 5.74) is 9.44. The van der Waals surface area contributed by atoms with Crippen LogP contribution in [0.15, 0.2) is 65.6 Å². The highest BCUT2D eigenvalue weighted by Crippen LogP contribution is 2.58. The van der Waals surface area contributed by atoms with Crippen molar-refractivity contribution in [3.63, 3.8) is 0 Å². The Labute approximate surface area is 378 Å². The number of aromatic nitrogens is 4. The molecule has 2 bridgehead atoms. The molecule has 6 unspecified atom stereocenters. The molecule has 6 atom stereocenters. The van der Waals surface area contributed by atoms with Crippen molar-refractivity contribution in [2.24, 2.45) is 11.8 Å². The summed E-state index contributed by atoms with van der Waals surface area (Å²) in [6, 6.07) is 16.6. The average Bonchev–Trinajstić information content (AvgIpc) is 4.18. The minimum Gasteiger partial charge on any atom is -0.453 e. The lowest BCUT2D eigenvalue weighted by Gasteiger charge is -2.30. The van der Waals surface area contributed by atoms with Gasteiger partial charge in [-0.1, -0.05) is 70.2 Å². The van der Waals surface area contributed by atoms with Crippen LogP contribution in [-0.2, 0) is 19.1 Å². The Morgan fingerprint density at radius 3 is 1.80 bits per heavy atom. The lowest BCUT2D eigenvalue weighted by atomic mass is 9.82. The number of carbonyl (C=O) groups is 4. The van der Waals surface area contributed by atoms with Crippen LogP contribution in [-0.4, -0.2) is 93.1 Å². The number of aromatic amines is 2. The third kappa shape index (κ3) is 8.14. The third-order valence-electron chi connectivity index (χ3n) is 14.2. The zero-order valence-corrected chi connectivity index (χ0v) is 37.9. The fourth-order valence-corrected chi connectivity index (χ4v) is 10.9. The van der Waals surface area contributed by atoms with Crippen LogP contribution in [0.25, 0.3) is 44.4 Å². The van der Waals surface area contributed by atoms with Crippen molar-refractivity contribution >= 4 is 34.9 Å². The van der Waals surface area contributed by atoms with E-state index in [0.29, 0.717) is 48.1 Å². The first kappa shape index (κ1) is 43.7. The fraction of sp³-hybridized carbons (Fsp3) is 0.460. The highest BCUT2D eigenvalue weighted by molar-refractivity contribution is 5.88. The van der Waals surface area contributed by atoms with Gasteiger partial charge in [0, 0.05) is 18.7 Å². The number of fused-ring (bicyclic) bond motifs is 6. The van der Waals surface area contributed by atoms with Gasteiger partial charge in [0.2, 0.25) is 11.8 Å². The monoisotopic (exact) mass is 882 g/mol. The van der Waals surface area contributed by atoms with Gasteiger partial charge in [-0.2, -0.15) is 0 Å². The maximum absolute atomic E-state index is 13.8. The van der Waals surface area contributed by atoms with E-state index in [1.54, 1.807) is 4.90 Å². The van der Waals surface area contributed by atoms with E-state index in [9.17, 15) is 24.0 Å². The zero-order chi connectivity index (χ0) is 45.7. The summed E-state index contributed by atoms with van der Waals surface area (Å²) in [6.07, 6.45) is 7.10. The minimum absolute atomic E-state index is 0.112. The SMILES string of the molecule is COC(=O)NC(C(=O)N1CCCC1c1ncc(-c2ccc(-c3ccc(-c4ccc5nc(C6CCCN6C(=O)C(NC(=O)OC)C(C)C)[nH]c(=O)c5c4)cc3)c3c2C2CCC3C2)[nH]1)C(C)C. The number of carbonyl (C=O) groups excluding carboxylic acids is 4. The largest absolute Gasteiger partial charge is 0.453 e. The topological polar surface area (TPSA) is 192 Å². The highest BCUT2D eigenvalue weighted by atomic mass is 16.5. The first-order valence-corrected chi connectivity index (χ1v) is 23.0. The summed E-state index contributed by atoms with van der Waals surface area (Å²) in [7, 11) is 2.57. The van der Waals surface area contributed by atoms with Crippen LogP contribution < -0.4 is 16.2 Å². The van der Waals surface area contributed by atoms with Crippen LogP contribution in [0.2, 0.25) is 0 Å². The number of methoxy groups -OCH3 is 2. The molecule has 5 aromatic rings. The number of rotatable bonds is 11. The zero-order valence-electron chi connectivity index (χ0n) is 37.9. The number of nitrogens with zero attached hydrogens (tertiary/aromatic N) is 4. The molecule has 2 aliphatic carbocycles. The number of imidazole rings is 1. The Bertz CT molecular complexity index is 2710. The molecular weight excluding hydrogens is 825 g/mol.